The maximum atomic E-state index is 13.3. The lowest BCUT2D eigenvalue weighted by atomic mass is 10.2. The van der Waals surface area contributed by atoms with Crippen molar-refractivity contribution in [2.45, 2.75) is 13.0 Å². The van der Waals surface area contributed by atoms with Crippen LogP contribution in [0.5, 0.6) is 0 Å². The number of amides is 1. The molecule has 1 N–H and O–H groups in total. The normalized spacial score (nSPS) is 11.2. The number of nitrogens with zero attached hydrogens (tertiary/aromatic N) is 1. The van der Waals surface area contributed by atoms with E-state index in [4.69, 9.17) is 11.6 Å². The van der Waals surface area contributed by atoms with Crippen molar-refractivity contribution in [2.24, 2.45) is 0 Å². The molecule has 0 aromatic heterocycles. The van der Waals surface area contributed by atoms with Gasteiger partial charge in [0.1, 0.15) is 5.82 Å². The maximum absolute atomic E-state index is 13.3. The molecular formula is C17H18ClFN2O3S. The minimum atomic E-state index is -3.64. The molecule has 0 aliphatic rings. The number of hydrogen-bond acceptors (Lipinski definition) is 3. The lowest BCUT2D eigenvalue weighted by molar-refractivity contribution is -0.121. The second-order valence-corrected chi connectivity index (χ2v) is 7.75. The van der Waals surface area contributed by atoms with Crippen molar-refractivity contribution in [1.82, 2.24) is 5.32 Å². The van der Waals surface area contributed by atoms with Gasteiger partial charge in [-0.25, -0.2) is 12.8 Å². The van der Waals surface area contributed by atoms with Gasteiger partial charge in [0.15, 0.2) is 0 Å². The summed E-state index contributed by atoms with van der Waals surface area (Å²) in [5.41, 5.74) is 0.948. The predicted molar refractivity (Wildman–Crippen MR) is 96.5 cm³/mol. The number of nitrogens with one attached hydrogen (secondary N) is 1. The quantitative estimate of drug-likeness (QED) is 0.798. The molecule has 0 spiro atoms. The Kier molecular flexibility index (Phi) is 6.39. The minimum absolute atomic E-state index is 0.0615. The van der Waals surface area contributed by atoms with Crippen LogP contribution < -0.4 is 9.62 Å². The zero-order chi connectivity index (χ0) is 18.4. The third-order valence-electron chi connectivity index (χ3n) is 3.47. The lowest BCUT2D eigenvalue weighted by Gasteiger charge is -2.22. The molecule has 5 nitrogen and oxygen atoms in total. The molecule has 0 saturated carbocycles. The molecule has 2 aromatic rings. The van der Waals surface area contributed by atoms with Crippen molar-refractivity contribution >= 4 is 33.2 Å². The molecule has 0 aliphatic carbocycles. The van der Waals surface area contributed by atoms with E-state index >= 15 is 0 Å². The van der Waals surface area contributed by atoms with Gasteiger partial charge in [0.05, 0.1) is 11.9 Å². The first-order valence-corrected chi connectivity index (χ1v) is 9.73. The van der Waals surface area contributed by atoms with Gasteiger partial charge in [0.2, 0.25) is 15.9 Å². The van der Waals surface area contributed by atoms with Gasteiger partial charge in [-0.05, 0) is 29.8 Å². The predicted octanol–water partition coefficient (Wildman–Crippen LogP) is 2.95. The van der Waals surface area contributed by atoms with Crippen LogP contribution in [0.2, 0.25) is 5.02 Å². The lowest BCUT2D eigenvalue weighted by Crippen LogP contribution is -2.34. The number of sulfonamides is 1. The van der Waals surface area contributed by atoms with E-state index in [1.165, 1.54) is 18.2 Å². The van der Waals surface area contributed by atoms with E-state index in [2.05, 4.69) is 5.32 Å². The summed E-state index contributed by atoms with van der Waals surface area (Å²) in [6.45, 7) is 0.161. The molecule has 0 aliphatic heterocycles. The van der Waals surface area contributed by atoms with Crippen molar-refractivity contribution in [3.63, 3.8) is 0 Å². The molecule has 0 bridgehead atoms. The SMILES string of the molecule is CS(=O)(=O)N(CCC(=O)NCc1ccccc1Cl)c1cccc(F)c1. The molecule has 0 atom stereocenters. The van der Waals surface area contributed by atoms with Gasteiger partial charge >= 0.3 is 0 Å². The van der Waals surface area contributed by atoms with E-state index < -0.39 is 15.8 Å². The Labute approximate surface area is 151 Å². The largest absolute Gasteiger partial charge is 0.352 e. The van der Waals surface area contributed by atoms with Crippen molar-refractivity contribution < 1.29 is 17.6 Å². The van der Waals surface area contributed by atoms with Crippen molar-refractivity contribution in [3.8, 4) is 0 Å². The van der Waals surface area contributed by atoms with Crippen LogP contribution in [0.4, 0.5) is 10.1 Å². The molecule has 0 radical (unpaired) electrons. The van der Waals surface area contributed by atoms with Crippen LogP contribution in [0, 0.1) is 5.82 Å². The van der Waals surface area contributed by atoms with Crippen molar-refractivity contribution in [3.05, 3.63) is 64.9 Å². The summed E-state index contributed by atoms with van der Waals surface area (Å²) in [5.74, 6) is -0.876. The monoisotopic (exact) mass is 384 g/mol. The fourth-order valence-electron chi connectivity index (χ4n) is 2.24. The van der Waals surface area contributed by atoms with Crippen LogP contribution in [0.3, 0.4) is 0 Å². The van der Waals surface area contributed by atoms with Gasteiger partial charge in [-0.2, -0.15) is 0 Å². The van der Waals surface area contributed by atoms with Crippen molar-refractivity contribution in [1.29, 1.82) is 0 Å². The molecule has 2 rings (SSSR count). The highest BCUT2D eigenvalue weighted by Crippen LogP contribution is 2.19. The van der Waals surface area contributed by atoms with Crippen LogP contribution in [-0.4, -0.2) is 27.1 Å². The first-order chi connectivity index (χ1) is 11.8. The smallest absolute Gasteiger partial charge is 0.232 e. The number of halogens is 2. The van der Waals surface area contributed by atoms with Gasteiger partial charge in [-0.15, -0.1) is 0 Å². The van der Waals surface area contributed by atoms with E-state index in [0.29, 0.717) is 5.02 Å². The van der Waals surface area contributed by atoms with Gasteiger partial charge in [-0.3, -0.25) is 9.10 Å². The zero-order valence-electron chi connectivity index (χ0n) is 13.6. The molecule has 0 saturated heterocycles. The fraction of sp³-hybridized carbons (Fsp3) is 0.235. The van der Waals surface area contributed by atoms with Crippen LogP contribution in [-0.2, 0) is 21.4 Å². The number of benzene rings is 2. The Morgan fingerprint density at radius 3 is 2.56 bits per heavy atom. The summed E-state index contributed by atoms with van der Waals surface area (Å²) in [6.07, 6.45) is 0.952. The van der Waals surface area contributed by atoms with E-state index in [1.54, 1.807) is 18.2 Å². The molecule has 25 heavy (non-hydrogen) atoms. The Morgan fingerprint density at radius 1 is 1.20 bits per heavy atom. The Hall–Kier alpha value is -2.12. The summed E-state index contributed by atoms with van der Waals surface area (Å²) >= 11 is 6.02. The summed E-state index contributed by atoms with van der Waals surface area (Å²) < 4.78 is 38.2. The van der Waals surface area contributed by atoms with Crippen LogP contribution in [0.15, 0.2) is 48.5 Å². The number of hydrogen-bond donors (Lipinski definition) is 1. The average Bonchev–Trinajstić information content (AvgIpc) is 2.53. The second kappa shape index (κ2) is 8.31. The molecule has 1 amide bonds. The summed E-state index contributed by atoms with van der Waals surface area (Å²) in [5, 5.41) is 3.23. The van der Waals surface area contributed by atoms with E-state index in [1.807, 2.05) is 6.07 Å². The number of carbonyl (C=O) groups excluding carboxylic acids is 1. The molecule has 0 unspecified atom stereocenters. The highest BCUT2D eigenvalue weighted by Gasteiger charge is 2.19. The Morgan fingerprint density at radius 2 is 1.92 bits per heavy atom. The third kappa shape index (κ3) is 5.72. The summed E-state index contributed by atoms with van der Waals surface area (Å²) in [6, 6.07) is 12.3. The number of anilines is 1. The molecule has 0 fully saturated rings. The van der Waals surface area contributed by atoms with E-state index in [9.17, 15) is 17.6 Å². The molecule has 134 valence electrons. The molecule has 8 heteroatoms. The summed E-state index contributed by atoms with van der Waals surface area (Å²) in [7, 11) is -3.64. The second-order valence-electron chi connectivity index (χ2n) is 5.43. The third-order valence-corrected chi connectivity index (χ3v) is 5.04. The first-order valence-electron chi connectivity index (χ1n) is 7.51. The first kappa shape index (κ1) is 19.2. The highest BCUT2D eigenvalue weighted by molar-refractivity contribution is 7.92. The maximum Gasteiger partial charge on any atom is 0.232 e. The van der Waals surface area contributed by atoms with Gasteiger partial charge in [-0.1, -0.05) is 35.9 Å². The van der Waals surface area contributed by atoms with Gasteiger partial charge in [0, 0.05) is 24.5 Å². The average molecular weight is 385 g/mol. The van der Waals surface area contributed by atoms with Gasteiger partial charge in [0.25, 0.3) is 0 Å². The number of carbonyl (C=O) groups is 1. The Bertz CT molecular complexity index is 858. The molecule has 0 heterocycles. The van der Waals surface area contributed by atoms with Gasteiger partial charge < -0.3 is 5.32 Å². The molecular weight excluding hydrogens is 367 g/mol. The van der Waals surface area contributed by atoms with Crippen LogP contribution in [0.25, 0.3) is 0 Å². The number of rotatable bonds is 7. The molecule has 2 aromatic carbocycles. The summed E-state index contributed by atoms with van der Waals surface area (Å²) in [4.78, 5) is 12.0. The Balaban J connectivity index is 1.99. The minimum Gasteiger partial charge on any atom is -0.352 e. The van der Waals surface area contributed by atoms with E-state index in [-0.39, 0.29) is 31.1 Å². The highest BCUT2D eigenvalue weighted by atomic mass is 35.5. The topological polar surface area (TPSA) is 66.5 Å². The van der Waals surface area contributed by atoms with Crippen LogP contribution >= 0.6 is 11.6 Å². The van der Waals surface area contributed by atoms with Crippen LogP contribution in [0.1, 0.15) is 12.0 Å². The van der Waals surface area contributed by atoms with E-state index in [0.717, 1.165) is 22.2 Å². The zero-order valence-corrected chi connectivity index (χ0v) is 15.1. The van der Waals surface area contributed by atoms with Crippen molar-refractivity contribution in [2.75, 3.05) is 17.1 Å². The standard InChI is InChI=1S/C17H18ClFN2O3S/c1-25(23,24)21(15-7-4-6-14(19)11-15)10-9-17(22)20-12-13-5-2-3-8-16(13)18/h2-8,11H,9-10,12H2,1H3,(H,20,22). The fourth-order valence-corrected chi connectivity index (χ4v) is 3.37.